The molecule has 2 aromatic rings. The molecule has 0 radical (unpaired) electrons. The van der Waals surface area contributed by atoms with Crippen molar-refractivity contribution in [3.05, 3.63) is 84.4 Å². The largest absolute Gasteiger partial charge is 0.382 e. The molecular formula is C34H46O7. The van der Waals surface area contributed by atoms with Gasteiger partial charge < -0.3 is 28.8 Å². The summed E-state index contributed by atoms with van der Waals surface area (Å²) in [5.41, 5.74) is 2.22. The van der Waals surface area contributed by atoms with Crippen LogP contribution < -0.4 is 0 Å². The van der Waals surface area contributed by atoms with E-state index in [4.69, 9.17) is 23.7 Å². The molecule has 7 nitrogen and oxygen atoms in total. The summed E-state index contributed by atoms with van der Waals surface area (Å²) in [6.07, 6.45) is 2.18. The van der Waals surface area contributed by atoms with Gasteiger partial charge in [0.15, 0.2) is 11.6 Å². The number of ketones is 1. The highest BCUT2D eigenvalue weighted by atomic mass is 16.7. The number of hydrogen-bond donors (Lipinski definition) is 1. The average Bonchev–Trinajstić information content (AvgIpc) is 3.01. The Morgan fingerprint density at radius 1 is 1.05 bits per heavy atom. The van der Waals surface area contributed by atoms with Crippen LogP contribution in [0.25, 0.3) is 0 Å². The van der Waals surface area contributed by atoms with Gasteiger partial charge in [-0.05, 0) is 29.9 Å². The molecule has 0 bridgehead atoms. The van der Waals surface area contributed by atoms with Crippen LogP contribution in [0.15, 0.2) is 73.3 Å². The Labute approximate surface area is 244 Å². The van der Waals surface area contributed by atoms with Gasteiger partial charge in [-0.2, -0.15) is 0 Å². The molecule has 1 spiro atoms. The fraction of sp³-hybridized carbons (Fsp3) is 0.559. The lowest BCUT2D eigenvalue weighted by molar-refractivity contribution is -0.348. The van der Waals surface area contributed by atoms with Crippen LogP contribution in [-0.2, 0) is 41.7 Å². The van der Waals surface area contributed by atoms with Crippen molar-refractivity contribution in [3.8, 4) is 0 Å². The number of carbonyl (C=O) groups excluding carboxylic acids is 1. The highest BCUT2D eigenvalue weighted by Crippen LogP contribution is 2.43. The van der Waals surface area contributed by atoms with E-state index in [0.29, 0.717) is 45.5 Å². The second kappa shape index (κ2) is 15.2. The molecule has 2 aliphatic rings. The Bertz CT molecular complexity index is 1080. The Morgan fingerprint density at radius 3 is 2.32 bits per heavy atom. The molecule has 41 heavy (non-hydrogen) atoms. The molecule has 224 valence electrons. The van der Waals surface area contributed by atoms with Gasteiger partial charge in [0.1, 0.15) is 12.2 Å². The van der Waals surface area contributed by atoms with Crippen LogP contribution in [-0.4, -0.2) is 60.9 Å². The molecule has 2 aliphatic heterocycles. The first kappa shape index (κ1) is 31.5. The highest BCUT2D eigenvalue weighted by Gasteiger charge is 2.51. The smallest absolute Gasteiger partial charge is 0.170 e. The summed E-state index contributed by atoms with van der Waals surface area (Å²) in [7, 11) is 1.59. The van der Waals surface area contributed by atoms with Crippen molar-refractivity contribution in [2.45, 2.75) is 95.5 Å². The quantitative estimate of drug-likeness (QED) is 0.297. The lowest BCUT2D eigenvalue weighted by atomic mass is 9.83. The van der Waals surface area contributed by atoms with Crippen LogP contribution in [0.3, 0.4) is 0 Å². The first-order chi connectivity index (χ1) is 19.8. The molecule has 0 amide bonds. The van der Waals surface area contributed by atoms with Crippen LogP contribution in [0.4, 0.5) is 0 Å². The zero-order chi connectivity index (χ0) is 29.2. The van der Waals surface area contributed by atoms with E-state index in [9.17, 15) is 9.90 Å². The lowest BCUT2D eigenvalue weighted by Crippen LogP contribution is -2.59. The number of methoxy groups -OCH3 is 1. The molecule has 4 rings (SSSR count). The van der Waals surface area contributed by atoms with E-state index in [1.807, 2.05) is 36.4 Å². The van der Waals surface area contributed by atoms with Crippen molar-refractivity contribution in [2.75, 3.05) is 13.7 Å². The van der Waals surface area contributed by atoms with Gasteiger partial charge in [-0.15, -0.1) is 6.58 Å². The van der Waals surface area contributed by atoms with E-state index in [-0.39, 0.29) is 23.9 Å². The van der Waals surface area contributed by atoms with E-state index in [1.165, 1.54) is 6.08 Å². The van der Waals surface area contributed by atoms with Gasteiger partial charge in [-0.25, -0.2) is 0 Å². The van der Waals surface area contributed by atoms with Gasteiger partial charge in [0, 0.05) is 32.3 Å². The third-order valence-corrected chi connectivity index (χ3v) is 8.46. The number of aliphatic hydroxyl groups is 1. The summed E-state index contributed by atoms with van der Waals surface area (Å²) in [5.74, 6) is -1.41. The molecule has 2 heterocycles. The van der Waals surface area contributed by atoms with Gasteiger partial charge in [0.25, 0.3) is 0 Å². The van der Waals surface area contributed by atoms with Crippen molar-refractivity contribution in [1.29, 1.82) is 0 Å². The number of hydrogen-bond acceptors (Lipinski definition) is 7. The maximum atomic E-state index is 12.8. The van der Waals surface area contributed by atoms with Crippen molar-refractivity contribution < 1.29 is 33.6 Å². The van der Waals surface area contributed by atoms with Gasteiger partial charge in [-0.1, -0.05) is 80.6 Å². The van der Waals surface area contributed by atoms with Gasteiger partial charge in [0.05, 0.1) is 38.1 Å². The second-order valence-corrected chi connectivity index (χ2v) is 11.5. The Hall–Kier alpha value is -2.39. The molecule has 7 heteroatoms. The SMILES string of the molecule is C=C[C@H](C)C(=O)[C@H](O)[C@H]1O[C@]2(CC[C@@H]1OC)CC[C@H](C)[C@@H](C[C@H](COCc1ccccc1)OCc1ccccc1)O2. The zero-order valence-electron chi connectivity index (χ0n) is 24.7. The maximum Gasteiger partial charge on any atom is 0.170 e. The Kier molecular flexibility index (Phi) is 11.7. The number of carbonyl (C=O) groups is 1. The second-order valence-electron chi connectivity index (χ2n) is 11.5. The zero-order valence-corrected chi connectivity index (χ0v) is 24.7. The average molecular weight is 567 g/mol. The molecule has 2 fully saturated rings. The van der Waals surface area contributed by atoms with Crippen LogP contribution in [0.5, 0.6) is 0 Å². The number of Topliss-reactive ketones (excluding diaryl/α,β-unsaturated/α-hetero) is 1. The highest BCUT2D eigenvalue weighted by molar-refractivity contribution is 5.87. The normalized spacial score (nSPS) is 28.6. The van der Waals surface area contributed by atoms with E-state index in [0.717, 1.165) is 17.5 Å². The minimum absolute atomic E-state index is 0.135. The van der Waals surface area contributed by atoms with E-state index < -0.39 is 30.0 Å². The minimum Gasteiger partial charge on any atom is -0.382 e. The van der Waals surface area contributed by atoms with Gasteiger partial charge in [0.2, 0.25) is 0 Å². The van der Waals surface area contributed by atoms with Crippen molar-refractivity contribution >= 4 is 5.78 Å². The summed E-state index contributed by atoms with van der Waals surface area (Å²) >= 11 is 0. The molecule has 8 atom stereocenters. The summed E-state index contributed by atoms with van der Waals surface area (Å²) in [4.78, 5) is 12.8. The van der Waals surface area contributed by atoms with Crippen LogP contribution in [0.2, 0.25) is 0 Å². The Morgan fingerprint density at radius 2 is 1.68 bits per heavy atom. The molecule has 2 saturated heterocycles. The van der Waals surface area contributed by atoms with E-state index in [2.05, 4.69) is 37.8 Å². The molecule has 0 saturated carbocycles. The van der Waals surface area contributed by atoms with Crippen LogP contribution in [0.1, 0.15) is 57.1 Å². The molecule has 0 aliphatic carbocycles. The van der Waals surface area contributed by atoms with Gasteiger partial charge >= 0.3 is 0 Å². The third kappa shape index (κ3) is 8.57. The molecular weight excluding hydrogens is 520 g/mol. The fourth-order valence-electron chi connectivity index (χ4n) is 5.73. The van der Waals surface area contributed by atoms with Crippen LogP contribution in [0, 0.1) is 11.8 Å². The van der Waals surface area contributed by atoms with Crippen molar-refractivity contribution in [2.24, 2.45) is 11.8 Å². The Balaban J connectivity index is 1.44. The minimum atomic E-state index is -1.32. The molecule has 1 N–H and O–H groups in total. The monoisotopic (exact) mass is 566 g/mol. The molecule has 2 aromatic carbocycles. The van der Waals surface area contributed by atoms with Crippen molar-refractivity contribution in [1.82, 2.24) is 0 Å². The van der Waals surface area contributed by atoms with Crippen molar-refractivity contribution in [3.63, 3.8) is 0 Å². The molecule has 0 unspecified atom stereocenters. The number of aliphatic hydroxyl groups excluding tert-OH is 1. The number of allylic oxidation sites excluding steroid dienone is 1. The summed E-state index contributed by atoms with van der Waals surface area (Å²) in [5, 5.41) is 11.0. The predicted octanol–water partition coefficient (Wildman–Crippen LogP) is 5.64. The number of ether oxygens (including phenoxy) is 5. The standard InChI is InChI=1S/C34H46O7/c1-5-24(2)31(35)32(36)33-29(37-4)17-19-34(41-33)18-16-25(3)30(40-34)20-28(39-22-27-14-10-7-11-15-27)23-38-21-26-12-8-6-9-13-26/h5-15,24-25,28-30,32-33,36H,1,16-23H2,2-4H3/t24-,25-,28+,29-,30+,32-,33-,34-/m0/s1. The van der Waals surface area contributed by atoms with Crippen LogP contribution >= 0.6 is 0 Å². The first-order valence-corrected chi connectivity index (χ1v) is 14.8. The summed E-state index contributed by atoms with van der Waals surface area (Å²) < 4.78 is 31.4. The lowest BCUT2D eigenvalue weighted by Gasteiger charge is -2.50. The number of benzene rings is 2. The topological polar surface area (TPSA) is 83.5 Å². The number of rotatable bonds is 14. The predicted molar refractivity (Wildman–Crippen MR) is 157 cm³/mol. The maximum absolute atomic E-state index is 12.8. The van der Waals surface area contributed by atoms with Gasteiger partial charge in [-0.3, -0.25) is 4.79 Å². The molecule has 0 aromatic heterocycles. The summed E-state index contributed by atoms with van der Waals surface area (Å²) in [6, 6.07) is 20.2. The first-order valence-electron chi connectivity index (χ1n) is 14.8. The summed E-state index contributed by atoms with van der Waals surface area (Å²) in [6.45, 7) is 9.04. The fourth-order valence-corrected chi connectivity index (χ4v) is 5.73. The van der Waals surface area contributed by atoms with E-state index >= 15 is 0 Å². The van der Waals surface area contributed by atoms with E-state index in [1.54, 1.807) is 14.0 Å². The third-order valence-electron chi connectivity index (χ3n) is 8.46.